The molecule has 0 unspecified atom stereocenters. The fourth-order valence-electron chi connectivity index (χ4n) is 5.70. The van der Waals surface area contributed by atoms with Gasteiger partial charge in [-0.15, -0.1) is 5.10 Å². The highest BCUT2D eigenvalue weighted by Crippen LogP contribution is 2.27. The van der Waals surface area contributed by atoms with Gasteiger partial charge in [-0.25, -0.2) is 17.9 Å². The van der Waals surface area contributed by atoms with E-state index in [4.69, 9.17) is 5.10 Å². The van der Waals surface area contributed by atoms with Crippen LogP contribution in [-0.2, 0) is 9.84 Å². The molecule has 0 spiro atoms. The van der Waals surface area contributed by atoms with Gasteiger partial charge in [-0.05, 0) is 74.3 Å². The standard InChI is InChI=1S/C30H37N7O2S/c1-34-17-19-35(20-18-34)22-23-13-15-36(16-14-23)26-7-5-25(6-8-26)32-30-31-21-27-9-12-29(37(27)33-30)24-3-10-28(11-4-24)40(2,38)39/h3-12,21,23H,13-20,22H2,1-2H3,(H,32,33). The molecule has 9 nitrogen and oxygen atoms in total. The fourth-order valence-corrected chi connectivity index (χ4v) is 6.33. The number of piperazine rings is 1. The molecule has 2 fully saturated rings. The molecule has 0 amide bonds. The number of fused-ring (bicyclic) bond motifs is 1. The molecule has 0 aliphatic carbocycles. The van der Waals surface area contributed by atoms with Crippen LogP contribution in [0.25, 0.3) is 16.8 Å². The minimum atomic E-state index is -3.24. The number of benzene rings is 2. The monoisotopic (exact) mass is 559 g/mol. The van der Waals surface area contributed by atoms with Crippen molar-refractivity contribution in [1.29, 1.82) is 0 Å². The van der Waals surface area contributed by atoms with Crippen molar-refractivity contribution in [2.24, 2.45) is 5.92 Å². The van der Waals surface area contributed by atoms with Crippen molar-refractivity contribution >= 4 is 32.7 Å². The van der Waals surface area contributed by atoms with Crippen LogP contribution in [0.2, 0.25) is 0 Å². The normalized spacial score (nSPS) is 17.9. The number of anilines is 3. The zero-order valence-corrected chi connectivity index (χ0v) is 24.0. The highest BCUT2D eigenvalue weighted by molar-refractivity contribution is 7.90. The predicted octanol–water partition coefficient (Wildman–Crippen LogP) is 4.01. The summed E-state index contributed by atoms with van der Waals surface area (Å²) in [5.41, 5.74) is 4.80. The number of rotatable bonds is 7. The summed E-state index contributed by atoms with van der Waals surface area (Å²) in [6.45, 7) is 8.22. The number of likely N-dealkylation sites (N-methyl/N-ethyl adjacent to an activating group) is 1. The molecule has 2 aromatic carbocycles. The third-order valence-electron chi connectivity index (χ3n) is 8.19. The zero-order chi connectivity index (χ0) is 27.7. The summed E-state index contributed by atoms with van der Waals surface area (Å²) in [4.78, 5) is 12.3. The summed E-state index contributed by atoms with van der Waals surface area (Å²) in [7, 11) is -1.03. The van der Waals surface area contributed by atoms with Gasteiger partial charge in [-0.2, -0.15) is 0 Å². The van der Waals surface area contributed by atoms with E-state index in [1.807, 2.05) is 16.6 Å². The van der Waals surface area contributed by atoms with Gasteiger partial charge < -0.3 is 20.0 Å². The molecule has 10 heteroatoms. The fraction of sp³-hybridized carbons (Fsp3) is 0.400. The molecule has 0 atom stereocenters. The third kappa shape index (κ3) is 5.99. The van der Waals surface area contributed by atoms with E-state index in [0.717, 1.165) is 41.5 Å². The minimum absolute atomic E-state index is 0.299. The van der Waals surface area contributed by atoms with E-state index >= 15 is 0 Å². The van der Waals surface area contributed by atoms with E-state index in [0.29, 0.717) is 10.8 Å². The smallest absolute Gasteiger partial charge is 0.245 e. The van der Waals surface area contributed by atoms with Crippen LogP contribution < -0.4 is 10.2 Å². The van der Waals surface area contributed by atoms with Crippen molar-refractivity contribution in [3.63, 3.8) is 0 Å². The molecule has 2 saturated heterocycles. The van der Waals surface area contributed by atoms with Crippen LogP contribution in [0.1, 0.15) is 12.8 Å². The highest BCUT2D eigenvalue weighted by Gasteiger charge is 2.23. The molecule has 6 rings (SSSR count). The van der Waals surface area contributed by atoms with Crippen molar-refractivity contribution in [3.8, 4) is 11.3 Å². The Balaban J connectivity index is 1.08. The second-order valence-corrected chi connectivity index (χ2v) is 13.2. The van der Waals surface area contributed by atoms with Crippen LogP contribution >= 0.6 is 0 Å². The van der Waals surface area contributed by atoms with E-state index in [1.165, 1.54) is 57.5 Å². The molecule has 210 valence electrons. The van der Waals surface area contributed by atoms with Gasteiger partial charge in [0, 0.05) is 69.0 Å². The lowest BCUT2D eigenvalue weighted by atomic mass is 9.95. The van der Waals surface area contributed by atoms with Crippen molar-refractivity contribution in [3.05, 3.63) is 66.9 Å². The maximum Gasteiger partial charge on any atom is 0.245 e. The van der Waals surface area contributed by atoms with Crippen LogP contribution in [0.15, 0.2) is 71.8 Å². The summed E-state index contributed by atoms with van der Waals surface area (Å²) in [5, 5.41) is 8.04. The zero-order valence-electron chi connectivity index (χ0n) is 23.2. The molecule has 0 bridgehead atoms. The summed E-state index contributed by atoms with van der Waals surface area (Å²) in [5.74, 6) is 1.29. The second-order valence-electron chi connectivity index (χ2n) is 11.1. The van der Waals surface area contributed by atoms with Crippen LogP contribution in [-0.4, -0.2) is 91.9 Å². The number of hydrogen-bond acceptors (Lipinski definition) is 8. The maximum atomic E-state index is 11.8. The Hall–Kier alpha value is -3.47. The lowest BCUT2D eigenvalue weighted by Crippen LogP contribution is -2.47. The molecule has 4 heterocycles. The third-order valence-corrected chi connectivity index (χ3v) is 9.32. The minimum Gasteiger partial charge on any atom is -0.372 e. The van der Waals surface area contributed by atoms with E-state index in [9.17, 15) is 8.42 Å². The number of hydrogen-bond donors (Lipinski definition) is 1. The molecule has 1 N–H and O–H groups in total. The van der Waals surface area contributed by atoms with Gasteiger partial charge in [-0.1, -0.05) is 12.1 Å². The summed E-state index contributed by atoms with van der Waals surface area (Å²) < 4.78 is 25.5. The molecule has 4 aromatic rings. The first-order chi connectivity index (χ1) is 19.3. The van der Waals surface area contributed by atoms with Gasteiger partial charge in [-0.3, -0.25) is 0 Å². The summed E-state index contributed by atoms with van der Waals surface area (Å²) >= 11 is 0. The molecule has 0 radical (unpaired) electrons. The van der Waals surface area contributed by atoms with Gasteiger partial charge in [0.15, 0.2) is 9.84 Å². The van der Waals surface area contributed by atoms with Crippen molar-refractivity contribution in [2.75, 3.05) is 69.3 Å². The highest BCUT2D eigenvalue weighted by atomic mass is 32.2. The van der Waals surface area contributed by atoms with Gasteiger partial charge in [0.25, 0.3) is 0 Å². The van der Waals surface area contributed by atoms with Crippen LogP contribution in [0.3, 0.4) is 0 Å². The summed E-state index contributed by atoms with van der Waals surface area (Å²) in [6, 6.07) is 19.3. The van der Waals surface area contributed by atoms with Crippen molar-refractivity contribution in [2.45, 2.75) is 17.7 Å². The SMILES string of the molecule is CN1CCN(CC2CCN(c3ccc(Nc4ncc5ccc(-c6ccc(S(C)(=O)=O)cc6)n5n4)cc3)CC2)CC1. The van der Waals surface area contributed by atoms with Gasteiger partial charge >= 0.3 is 0 Å². The van der Waals surface area contributed by atoms with Crippen LogP contribution in [0.5, 0.6) is 0 Å². The van der Waals surface area contributed by atoms with Gasteiger partial charge in [0.2, 0.25) is 5.95 Å². The first-order valence-electron chi connectivity index (χ1n) is 14.0. The van der Waals surface area contributed by atoms with E-state index in [2.05, 4.69) is 56.3 Å². The Labute approximate surface area is 236 Å². The molecule has 2 aliphatic heterocycles. The Bertz CT molecular complexity index is 1550. The van der Waals surface area contributed by atoms with E-state index in [1.54, 1.807) is 30.5 Å². The van der Waals surface area contributed by atoms with Crippen molar-refractivity contribution < 1.29 is 8.42 Å². The Morgan fingerprint density at radius 1 is 0.875 bits per heavy atom. The molecular formula is C30H37N7O2S. The first kappa shape index (κ1) is 26.7. The van der Waals surface area contributed by atoms with Crippen LogP contribution in [0.4, 0.5) is 17.3 Å². The molecule has 2 aromatic heterocycles. The lowest BCUT2D eigenvalue weighted by Gasteiger charge is -2.38. The molecule has 0 saturated carbocycles. The molecule has 40 heavy (non-hydrogen) atoms. The van der Waals surface area contributed by atoms with Gasteiger partial charge in [0.05, 0.1) is 22.3 Å². The number of sulfone groups is 1. The average Bonchev–Trinajstić information content (AvgIpc) is 3.38. The Kier molecular flexibility index (Phi) is 7.48. The molecular weight excluding hydrogens is 522 g/mol. The average molecular weight is 560 g/mol. The van der Waals surface area contributed by atoms with E-state index < -0.39 is 9.84 Å². The second kappa shape index (κ2) is 11.2. The number of nitrogens with zero attached hydrogens (tertiary/aromatic N) is 6. The topological polar surface area (TPSA) is 86.1 Å². The number of aromatic nitrogens is 3. The first-order valence-corrected chi connectivity index (χ1v) is 15.9. The number of nitrogens with one attached hydrogen (secondary N) is 1. The quantitative estimate of drug-likeness (QED) is 0.364. The summed E-state index contributed by atoms with van der Waals surface area (Å²) in [6.07, 6.45) is 5.49. The Morgan fingerprint density at radius 2 is 1.57 bits per heavy atom. The van der Waals surface area contributed by atoms with E-state index in [-0.39, 0.29) is 0 Å². The maximum absolute atomic E-state index is 11.8. The van der Waals surface area contributed by atoms with Crippen LogP contribution in [0, 0.1) is 5.92 Å². The Morgan fingerprint density at radius 3 is 2.25 bits per heavy atom. The number of piperidine rings is 1. The van der Waals surface area contributed by atoms with Crippen molar-refractivity contribution in [1.82, 2.24) is 24.4 Å². The lowest BCUT2D eigenvalue weighted by molar-refractivity contribution is 0.129. The predicted molar refractivity (Wildman–Crippen MR) is 160 cm³/mol. The largest absolute Gasteiger partial charge is 0.372 e. The molecule has 2 aliphatic rings. The van der Waals surface area contributed by atoms with Gasteiger partial charge in [0.1, 0.15) is 0 Å².